The second kappa shape index (κ2) is 2.27. The summed E-state index contributed by atoms with van der Waals surface area (Å²) in [5, 5.41) is 0. The van der Waals surface area contributed by atoms with Gasteiger partial charge in [0.2, 0.25) is 5.82 Å². The van der Waals surface area contributed by atoms with E-state index in [0.717, 1.165) is 5.56 Å². The molecule has 2 nitrogen and oxygen atoms in total. The number of terminal acetylenes is 1. The fourth-order valence-electron chi connectivity index (χ4n) is 0.467. The van der Waals surface area contributed by atoms with Crippen LogP contribution in [0.25, 0.3) is 0 Å². The van der Waals surface area contributed by atoms with Gasteiger partial charge in [0.1, 0.15) is 0 Å². The molecule has 0 amide bonds. The van der Waals surface area contributed by atoms with Gasteiger partial charge in [-0.15, -0.1) is 6.42 Å². The molecule has 0 N–H and O–H groups in total. The average Bonchev–Trinajstić information content (AvgIpc) is 1.90. The Labute approximate surface area is 54.0 Å². The van der Waals surface area contributed by atoms with Gasteiger partial charge in [0, 0.05) is 12.4 Å². The maximum absolute atomic E-state index is 5.02. The molecule has 0 unspecified atom stereocenters. The van der Waals surface area contributed by atoms with Crippen LogP contribution in [0.15, 0.2) is 12.4 Å². The van der Waals surface area contributed by atoms with E-state index in [1.54, 1.807) is 12.4 Å². The molecule has 1 aromatic heterocycles. The average molecular weight is 118 g/mol. The van der Waals surface area contributed by atoms with Crippen molar-refractivity contribution in [3.8, 4) is 12.3 Å². The van der Waals surface area contributed by atoms with Gasteiger partial charge in [-0.05, 0) is 18.4 Å². The highest BCUT2D eigenvalue weighted by atomic mass is 14.8. The molecule has 1 aromatic rings. The Hall–Kier alpha value is -1.36. The zero-order chi connectivity index (χ0) is 6.69. The highest BCUT2D eigenvalue weighted by Crippen LogP contribution is 1.89. The molecule has 1 rings (SSSR count). The Bertz CT molecular complexity index is 230. The number of aryl methyl sites for hydroxylation is 1. The predicted octanol–water partition coefficient (Wildman–Crippen LogP) is 0.766. The molecule has 1 heterocycles. The third-order valence-corrected chi connectivity index (χ3v) is 0.910. The van der Waals surface area contributed by atoms with Gasteiger partial charge in [-0.2, -0.15) is 0 Å². The number of aromatic nitrogens is 2. The third-order valence-electron chi connectivity index (χ3n) is 0.910. The molecule has 0 spiro atoms. The highest BCUT2D eigenvalue weighted by molar-refractivity contribution is 5.16. The van der Waals surface area contributed by atoms with Gasteiger partial charge in [-0.1, -0.05) is 0 Å². The Morgan fingerprint density at radius 2 is 2.00 bits per heavy atom. The fraction of sp³-hybridized carbons (Fsp3) is 0.143. The smallest absolute Gasteiger partial charge is 0.204 e. The van der Waals surface area contributed by atoms with Crippen molar-refractivity contribution in [3.05, 3.63) is 23.8 Å². The summed E-state index contributed by atoms with van der Waals surface area (Å²) in [6, 6.07) is 0. The van der Waals surface area contributed by atoms with Crippen LogP contribution in [-0.4, -0.2) is 9.97 Å². The second-order valence-corrected chi connectivity index (χ2v) is 1.73. The molecule has 0 saturated carbocycles. The molecular weight excluding hydrogens is 112 g/mol. The molecule has 0 aliphatic heterocycles. The van der Waals surface area contributed by atoms with Crippen LogP contribution >= 0.6 is 0 Å². The monoisotopic (exact) mass is 118 g/mol. The topological polar surface area (TPSA) is 25.8 Å². The van der Waals surface area contributed by atoms with Gasteiger partial charge >= 0.3 is 0 Å². The Kier molecular flexibility index (Phi) is 1.46. The lowest BCUT2D eigenvalue weighted by atomic mass is 10.4. The molecule has 0 aliphatic rings. The van der Waals surface area contributed by atoms with E-state index in [1.807, 2.05) is 6.92 Å². The lowest BCUT2D eigenvalue weighted by Crippen LogP contribution is -1.86. The molecule has 44 valence electrons. The molecule has 0 bridgehead atoms. The van der Waals surface area contributed by atoms with E-state index in [4.69, 9.17) is 6.42 Å². The van der Waals surface area contributed by atoms with Gasteiger partial charge in [0.15, 0.2) is 0 Å². The lowest BCUT2D eigenvalue weighted by Gasteiger charge is -1.87. The largest absolute Gasteiger partial charge is 0.229 e. The SMILES string of the molecule is C#Cc1ncc(C)cn1. The van der Waals surface area contributed by atoms with Crippen LogP contribution in [-0.2, 0) is 0 Å². The standard InChI is InChI=1S/C7H6N2/c1-3-7-8-4-6(2)5-9-7/h1,4-5H,2H3. The van der Waals surface area contributed by atoms with Crippen molar-refractivity contribution >= 4 is 0 Å². The number of rotatable bonds is 0. The molecule has 0 fully saturated rings. The van der Waals surface area contributed by atoms with Crippen molar-refractivity contribution in [3.63, 3.8) is 0 Å². The summed E-state index contributed by atoms with van der Waals surface area (Å²) in [5.74, 6) is 2.78. The van der Waals surface area contributed by atoms with Gasteiger partial charge in [-0.3, -0.25) is 0 Å². The third kappa shape index (κ3) is 1.26. The van der Waals surface area contributed by atoms with E-state index >= 15 is 0 Å². The molecule has 0 radical (unpaired) electrons. The Balaban J connectivity index is 3.06. The van der Waals surface area contributed by atoms with E-state index < -0.39 is 0 Å². The first-order chi connectivity index (χ1) is 4.33. The van der Waals surface area contributed by atoms with E-state index in [2.05, 4.69) is 15.9 Å². The van der Waals surface area contributed by atoms with Crippen LogP contribution in [0.4, 0.5) is 0 Å². The molecule has 0 aromatic carbocycles. The van der Waals surface area contributed by atoms with Crippen LogP contribution in [0.1, 0.15) is 11.4 Å². The van der Waals surface area contributed by atoms with Crippen molar-refractivity contribution < 1.29 is 0 Å². The fourth-order valence-corrected chi connectivity index (χ4v) is 0.467. The number of hydrogen-bond acceptors (Lipinski definition) is 2. The van der Waals surface area contributed by atoms with E-state index in [1.165, 1.54) is 0 Å². The van der Waals surface area contributed by atoms with Crippen molar-refractivity contribution in [1.82, 2.24) is 9.97 Å². The normalized spacial score (nSPS) is 8.44. The zero-order valence-electron chi connectivity index (χ0n) is 5.13. The first kappa shape index (κ1) is 5.77. The molecular formula is C7H6N2. The van der Waals surface area contributed by atoms with Crippen LogP contribution in [0.2, 0.25) is 0 Å². The first-order valence-electron chi connectivity index (χ1n) is 2.58. The maximum Gasteiger partial charge on any atom is 0.204 e. The minimum absolute atomic E-state index is 0.445. The first-order valence-corrected chi connectivity index (χ1v) is 2.58. The van der Waals surface area contributed by atoms with Crippen molar-refractivity contribution in [2.45, 2.75) is 6.92 Å². The summed E-state index contributed by atoms with van der Waals surface area (Å²) in [6.07, 6.45) is 8.42. The number of nitrogens with zero attached hydrogens (tertiary/aromatic N) is 2. The van der Waals surface area contributed by atoms with E-state index in [0.29, 0.717) is 5.82 Å². The quantitative estimate of drug-likeness (QED) is 0.470. The summed E-state index contributed by atoms with van der Waals surface area (Å²) in [4.78, 5) is 7.70. The predicted molar refractivity (Wildman–Crippen MR) is 34.7 cm³/mol. The zero-order valence-corrected chi connectivity index (χ0v) is 5.13. The van der Waals surface area contributed by atoms with E-state index in [9.17, 15) is 0 Å². The Morgan fingerprint density at radius 3 is 2.44 bits per heavy atom. The van der Waals surface area contributed by atoms with Crippen LogP contribution < -0.4 is 0 Å². The number of hydrogen-bond donors (Lipinski definition) is 0. The molecule has 0 aliphatic carbocycles. The van der Waals surface area contributed by atoms with E-state index in [-0.39, 0.29) is 0 Å². The van der Waals surface area contributed by atoms with Gasteiger partial charge < -0.3 is 0 Å². The van der Waals surface area contributed by atoms with Crippen molar-refractivity contribution in [2.75, 3.05) is 0 Å². The van der Waals surface area contributed by atoms with Crippen LogP contribution in [0.3, 0.4) is 0 Å². The molecule has 0 saturated heterocycles. The minimum Gasteiger partial charge on any atom is -0.229 e. The van der Waals surface area contributed by atoms with Gasteiger partial charge in [0.05, 0.1) is 0 Å². The maximum atomic E-state index is 5.02. The summed E-state index contributed by atoms with van der Waals surface area (Å²) in [7, 11) is 0. The minimum atomic E-state index is 0.445. The summed E-state index contributed by atoms with van der Waals surface area (Å²) >= 11 is 0. The van der Waals surface area contributed by atoms with Crippen LogP contribution in [0, 0.1) is 19.3 Å². The summed E-state index contributed by atoms with van der Waals surface area (Å²) in [6.45, 7) is 1.92. The highest BCUT2D eigenvalue weighted by Gasteiger charge is 1.85. The summed E-state index contributed by atoms with van der Waals surface area (Å²) < 4.78 is 0. The lowest BCUT2D eigenvalue weighted by molar-refractivity contribution is 1.09. The van der Waals surface area contributed by atoms with Crippen molar-refractivity contribution in [2.24, 2.45) is 0 Å². The van der Waals surface area contributed by atoms with Gasteiger partial charge in [0.25, 0.3) is 0 Å². The molecule has 9 heavy (non-hydrogen) atoms. The van der Waals surface area contributed by atoms with Crippen LogP contribution in [0.5, 0.6) is 0 Å². The molecule has 0 atom stereocenters. The van der Waals surface area contributed by atoms with Crippen molar-refractivity contribution in [1.29, 1.82) is 0 Å². The second-order valence-electron chi connectivity index (χ2n) is 1.73. The Morgan fingerprint density at radius 1 is 1.44 bits per heavy atom. The van der Waals surface area contributed by atoms with Gasteiger partial charge in [-0.25, -0.2) is 9.97 Å². The summed E-state index contributed by atoms with van der Waals surface area (Å²) in [5.41, 5.74) is 1.02. The molecule has 2 heteroatoms.